The van der Waals surface area contributed by atoms with E-state index in [1.807, 2.05) is 0 Å². The highest BCUT2D eigenvalue weighted by Gasteiger charge is 2.36. The zero-order valence-electron chi connectivity index (χ0n) is 8.40. The molecule has 0 aliphatic carbocycles. The first-order valence-electron chi connectivity index (χ1n) is 5.31. The van der Waals surface area contributed by atoms with E-state index in [4.69, 9.17) is 5.11 Å². The number of nitrogens with zero attached hydrogens (tertiary/aromatic N) is 1. The highest BCUT2D eigenvalue weighted by molar-refractivity contribution is 8.03. The fraction of sp³-hybridized carbons (Fsp3) is 0.545. The minimum absolute atomic E-state index is 0.472. The Bertz CT molecular complexity index is 386. The van der Waals surface area contributed by atoms with Gasteiger partial charge in [-0.2, -0.15) is 0 Å². The standard InChI is InChI=1S/C11H13NO2S/c13-11(14)8-6-15-9-5-12-3-1-2-7(4-12)10(8)9/h5,7H,1-4,6H2,(H,13,14). The summed E-state index contributed by atoms with van der Waals surface area (Å²) in [6.07, 6.45) is 4.50. The van der Waals surface area contributed by atoms with Crippen LogP contribution in [0.1, 0.15) is 12.8 Å². The number of aliphatic carboxylic acids is 1. The molecule has 0 aromatic heterocycles. The molecule has 0 amide bonds. The first-order chi connectivity index (χ1) is 7.25. The molecule has 1 saturated heterocycles. The fourth-order valence-electron chi connectivity index (χ4n) is 2.71. The Balaban J connectivity index is 2.07. The number of allylic oxidation sites excluding steroid dienone is 1. The van der Waals surface area contributed by atoms with Gasteiger partial charge in [-0.25, -0.2) is 4.79 Å². The molecule has 0 spiro atoms. The van der Waals surface area contributed by atoms with Gasteiger partial charge in [-0.05, 0) is 18.4 Å². The largest absolute Gasteiger partial charge is 0.478 e. The first kappa shape index (κ1) is 9.33. The average Bonchev–Trinajstić information content (AvgIpc) is 2.62. The maximum atomic E-state index is 11.1. The minimum Gasteiger partial charge on any atom is -0.478 e. The summed E-state index contributed by atoms with van der Waals surface area (Å²) >= 11 is 1.68. The van der Waals surface area contributed by atoms with Crippen LogP contribution in [0.2, 0.25) is 0 Å². The van der Waals surface area contributed by atoms with Crippen molar-refractivity contribution in [1.29, 1.82) is 0 Å². The summed E-state index contributed by atoms with van der Waals surface area (Å²) in [6, 6.07) is 0. The molecule has 1 N–H and O–H groups in total. The molecule has 0 aromatic rings. The van der Waals surface area contributed by atoms with Crippen LogP contribution < -0.4 is 0 Å². The molecule has 15 heavy (non-hydrogen) atoms. The molecule has 3 aliphatic rings. The van der Waals surface area contributed by atoms with Gasteiger partial charge in [-0.15, -0.1) is 11.8 Å². The third kappa shape index (κ3) is 1.39. The Morgan fingerprint density at radius 3 is 3.27 bits per heavy atom. The summed E-state index contributed by atoms with van der Waals surface area (Å²) in [5, 5.41) is 9.14. The van der Waals surface area contributed by atoms with Crippen LogP contribution in [0.15, 0.2) is 22.3 Å². The van der Waals surface area contributed by atoms with E-state index in [1.165, 1.54) is 11.3 Å². The van der Waals surface area contributed by atoms with Crippen molar-refractivity contribution in [3.8, 4) is 0 Å². The Hall–Kier alpha value is -0.900. The van der Waals surface area contributed by atoms with Crippen molar-refractivity contribution in [2.24, 2.45) is 5.92 Å². The lowest BCUT2D eigenvalue weighted by atomic mass is 9.85. The van der Waals surface area contributed by atoms with Gasteiger partial charge in [-0.1, -0.05) is 0 Å². The van der Waals surface area contributed by atoms with Crippen LogP contribution in [-0.4, -0.2) is 34.8 Å². The Labute approximate surface area is 92.8 Å². The molecule has 1 atom stereocenters. The summed E-state index contributed by atoms with van der Waals surface area (Å²) in [6.45, 7) is 2.16. The van der Waals surface area contributed by atoms with E-state index in [0.717, 1.165) is 25.1 Å². The number of carbonyl (C=O) groups is 1. The molecule has 1 fully saturated rings. The number of hydrogen-bond donors (Lipinski definition) is 1. The van der Waals surface area contributed by atoms with Crippen molar-refractivity contribution < 1.29 is 9.90 Å². The zero-order chi connectivity index (χ0) is 10.4. The van der Waals surface area contributed by atoms with Crippen LogP contribution in [0, 0.1) is 5.92 Å². The monoisotopic (exact) mass is 223 g/mol. The van der Waals surface area contributed by atoms with Gasteiger partial charge in [0.1, 0.15) is 0 Å². The van der Waals surface area contributed by atoms with Gasteiger partial charge in [0, 0.05) is 35.9 Å². The molecular weight excluding hydrogens is 210 g/mol. The van der Waals surface area contributed by atoms with Gasteiger partial charge in [0.25, 0.3) is 0 Å². The smallest absolute Gasteiger partial charge is 0.332 e. The van der Waals surface area contributed by atoms with Crippen LogP contribution in [0.25, 0.3) is 0 Å². The van der Waals surface area contributed by atoms with Gasteiger partial charge in [0.15, 0.2) is 0 Å². The van der Waals surface area contributed by atoms with Gasteiger partial charge in [0.05, 0.1) is 5.57 Å². The van der Waals surface area contributed by atoms with Crippen molar-refractivity contribution in [3.63, 3.8) is 0 Å². The fourth-order valence-corrected chi connectivity index (χ4v) is 3.96. The molecule has 2 bridgehead atoms. The van der Waals surface area contributed by atoms with Crippen molar-refractivity contribution in [2.75, 3.05) is 18.8 Å². The summed E-state index contributed by atoms with van der Waals surface area (Å²) in [7, 11) is 0. The SMILES string of the molecule is O=C(O)C1=C2C(=CN3CCCC2C3)SC1. The lowest BCUT2D eigenvalue weighted by molar-refractivity contribution is -0.132. The number of thioether (sulfide) groups is 1. The molecule has 80 valence electrons. The normalized spacial score (nSPS) is 28.9. The van der Waals surface area contributed by atoms with Crippen LogP contribution in [-0.2, 0) is 4.79 Å². The molecule has 3 nitrogen and oxygen atoms in total. The highest BCUT2D eigenvalue weighted by atomic mass is 32.2. The van der Waals surface area contributed by atoms with Gasteiger partial charge >= 0.3 is 5.97 Å². The second-order valence-corrected chi connectivity index (χ2v) is 5.33. The number of rotatable bonds is 1. The zero-order valence-corrected chi connectivity index (χ0v) is 9.22. The molecular formula is C11H13NO2S. The lowest BCUT2D eigenvalue weighted by Crippen LogP contribution is -2.36. The number of carboxylic acids is 1. The summed E-state index contributed by atoms with van der Waals surface area (Å²) in [5.41, 5.74) is 1.79. The predicted molar refractivity (Wildman–Crippen MR) is 59.5 cm³/mol. The van der Waals surface area contributed by atoms with Crippen molar-refractivity contribution in [1.82, 2.24) is 4.90 Å². The number of fused-ring (bicyclic) bond motifs is 4. The van der Waals surface area contributed by atoms with Crippen molar-refractivity contribution in [2.45, 2.75) is 12.8 Å². The summed E-state index contributed by atoms with van der Waals surface area (Å²) in [4.78, 5) is 14.7. The average molecular weight is 223 g/mol. The van der Waals surface area contributed by atoms with Crippen molar-refractivity contribution in [3.05, 3.63) is 22.3 Å². The molecule has 3 rings (SSSR count). The number of carboxylic acid groups (broad SMARTS) is 1. The highest BCUT2D eigenvalue weighted by Crippen LogP contribution is 2.46. The summed E-state index contributed by atoms with van der Waals surface area (Å²) in [5.74, 6) is 0.403. The quantitative estimate of drug-likeness (QED) is 0.734. The predicted octanol–water partition coefficient (Wildman–Crippen LogP) is 1.68. The molecule has 3 aliphatic heterocycles. The van der Waals surface area contributed by atoms with Gasteiger partial charge in [-0.3, -0.25) is 0 Å². The van der Waals surface area contributed by atoms with Crippen molar-refractivity contribution >= 4 is 17.7 Å². The van der Waals surface area contributed by atoms with E-state index in [0.29, 0.717) is 17.2 Å². The van der Waals surface area contributed by atoms with Crippen LogP contribution in [0.5, 0.6) is 0 Å². The topological polar surface area (TPSA) is 40.5 Å². The third-order valence-electron chi connectivity index (χ3n) is 3.38. The number of hydrogen-bond acceptors (Lipinski definition) is 3. The first-order valence-corrected chi connectivity index (χ1v) is 6.29. The third-order valence-corrected chi connectivity index (χ3v) is 4.45. The second kappa shape index (κ2) is 3.30. The van der Waals surface area contributed by atoms with E-state index >= 15 is 0 Å². The van der Waals surface area contributed by atoms with E-state index < -0.39 is 5.97 Å². The maximum Gasteiger partial charge on any atom is 0.332 e. The lowest BCUT2D eigenvalue weighted by Gasteiger charge is -2.37. The maximum absolute atomic E-state index is 11.1. The molecule has 0 aromatic carbocycles. The number of piperidine rings is 1. The molecule has 0 saturated carbocycles. The van der Waals surface area contributed by atoms with E-state index in [-0.39, 0.29) is 0 Å². The molecule has 0 radical (unpaired) electrons. The van der Waals surface area contributed by atoms with Crippen LogP contribution >= 0.6 is 11.8 Å². The molecule has 4 heteroatoms. The molecule has 3 heterocycles. The molecule has 1 unspecified atom stereocenters. The minimum atomic E-state index is -0.722. The van der Waals surface area contributed by atoms with E-state index in [1.54, 1.807) is 11.8 Å². The Kier molecular flexibility index (Phi) is 2.06. The Morgan fingerprint density at radius 2 is 2.47 bits per heavy atom. The van der Waals surface area contributed by atoms with Gasteiger partial charge < -0.3 is 10.0 Å². The summed E-state index contributed by atoms with van der Waals surface area (Å²) < 4.78 is 0. The van der Waals surface area contributed by atoms with Gasteiger partial charge in [0.2, 0.25) is 0 Å². The van der Waals surface area contributed by atoms with E-state index in [9.17, 15) is 4.79 Å². The van der Waals surface area contributed by atoms with Crippen LogP contribution in [0.3, 0.4) is 0 Å². The van der Waals surface area contributed by atoms with E-state index in [2.05, 4.69) is 11.1 Å². The van der Waals surface area contributed by atoms with Crippen LogP contribution in [0.4, 0.5) is 0 Å². The Morgan fingerprint density at radius 1 is 1.60 bits per heavy atom. The second-order valence-electron chi connectivity index (χ2n) is 4.31.